The van der Waals surface area contributed by atoms with Crippen LogP contribution in [-0.4, -0.2) is 37.7 Å². The minimum absolute atomic E-state index is 0.127. The minimum atomic E-state index is -0.745. The first-order chi connectivity index (χ1) is 20.1. The van der Waals surface area contributed by atoms with E-state index >= 15 is 0 Å². The fourth-order valence-corrected chi connectivity index (χ4v) is 5.62. The Kier molecular flexibility index (Phi) is 13.3. The number of allylic oxidation sites excluding steroid dienone is 1. The van der Waals surface area contributed by atoms with E-state index in [9.17, 15) is 4.79 Å². The zero-order chi connectivity index (χ0) is 30.4. The summed E-state index contributed by atoms with van der Waals surface area (Å²) in [4.78, 5) is 14.8. The van der Waals surface area contributed by atoms with Crippen molar-refractivity contribution >= 4 is 29.5 Å². The van der Waals surface area contributed by atoms with Gasteiger partial charge in [0.25, 0.3) is 0 Å². The molecule has 0 aliphatic rings. The normalized spacial score (nSPS) is 13.1. The van der Waals surface area contributed by atoms with Crippen LogP contribution in [0, 0.1) is 0 Å². The number of alkyl carbamates (subject to hydrolysis) is 1. The molecule has 3 aromatic carbocycles. The van der Waals surface area contributed by atoms with Gasteiger partial charge in [-0.25, -0.2) is 4.79 Å². The van der Waals surface area contributed by atoms with Gasteiger partial charge in [0, 0.05) is 21.9 Å². The standard InChI is InChI=1S/C34H42ClNO5S/c1-6-19-34(24-39-25-38-5,36-32(37)41-33(2,3)4)20-11-14-27-17-18-30(22-31(27)35)42-29-16-10-15-28(21-29)40-23-26-12-8-7-9-13-26/h6-10,12-13,15-19,21-22H,11,14,20,23-25H2,1-5H3,(H,36,37). The maximum absolute atomic E-state index is 12.7. The molecular formula is C34H42ClNO5S. The highest BCUT2D eigenvalue weighted by molar-refractivity contribution is 7.99. The molecule has 0 aliphatic heterocycles. The monoisotopic (exact) mass is 611 g/mol. The van der Waals surface area contributed by atoms with Gasteiger partial charge < -0.3 is 24.3 Å². The van der Waals surface area contributed by atoms with Crippen molar-refractivity contribution in [3.63, 3.8) is 0 Å². The molecular weight excluding hydrogens is 570 g/mol. The molecule has 1 amide bonds. The molecule has 0 spiro atoms. The zero-order valence-electron chi connectivity index (χ0n) is 25.2. The van der Waals surface area contributed by atoms with E-state index in [0.717, 1.165) is 39.5 Å². The van der Waals surface area contributed by atoms with E-state index in [-0.39, 0.29) is 13.4 Å². The minimum Gasteiger partial charge on any atom is -0.489 e. The number of amides is 1. The van der Waals surface area contributed by atoms with E-state index in [1.54, 1.807) is 18.9 Å². The summed E-state index contributed by atoms with van der Waals surface area (Å²) >= 11 is 8.37. The molecule has 0 aliphatic carbocycles. The molecule has 1 N–H and O–H groups in total. The molecule has 1 atom stereocenters. The Morgan fingerprint density at radius 3 is 2.45 bits per heavy atom. The molecule has 1 unspecified atom stereocenters. The first-order valence-corrected chi connectivity index (χ1v) is 15.3. The molecule has 6 nitrogen and oxygen atoms in total. The number of benzene rings is 3. The Morgan fingerprint density at radius 2 is 1.76 bits per heavy atom. The van der Waals surface area contributed by atoms with Crippen molar-refractivity contribution in [2.24, 2.45) is 0 Å². The van der Waals surface area contributed by atoms with Crippen molar-refractivity contribution in [1.29, 1.82) is 0 Å². The Bertz CT molecular complexity index is 1290. The summed E-state index contributed by atoms with van der Waals surface area (Å²) < 4.78 is 22.3. The Labute approximate surface area is 259 Å². The van der Waals surface area contributed by atoms with Gasteiger partial charge in [0.05, 0.1) is 12.1 Å². The number of hydrogen-bond acceptors (Lipinski definition) is 6. The molecule has 3 rings (SSSR count). The van der Waals surface area contributed by atoms with Crippen LogP contribution in [0.3, 0.4) is 0 Å². The van der Waals surface area contributed by atoms with E-state index in [1.807, 2.05) is 82.3 Å². The second-order valence-corrected chi connectivity index (χ2v) is 12.6. The van der Waals surface area contributed by atoms with Gasteiger partial charge in [0.1, 0.15) is 24.8 Å². The molecule has 8 heteroatoms. The molecule has 0 fully saturated rings. The first-order valence-electron chi connectivity index (χ1n) is 14.1. The number of aryl methyl sites for hydroxylation is 1. The summed E-state index contributed by atoms with van der Waals surface area (Å²) in [6.45, 7) is 8.34. The SMILES string of the molecule is CC=CC(CCCc1ccc(Sc2cccc(OCc3ccccc3)c2)cc1Cl)(COCOC)NC(=O)OC(C)(C)C. The van der Waals surface area contributed by atoms with Crippen molar-refractivity contribution in [1.82, 2.24) is 5.32 Å². The van der Waals surface area contributed by atoms with E-state index in [0.29, 0.717) is 18.1 Å². The highest BCUT2D eigenvalue weighted by Crippen LogP contribution is 2.33. The average Bonchev–Trinajstić information content (AvgIpc) is 2.93. The van der Waals surface area contributed by atoms with Crippen LogP contribution >= 0.6 is 23.4 Å². The summed E-state index contributed by atoms with van der Waals surface area (Å²) in [6.07, 6.45) is 5.51. The van der Waals surface area contributed by atoms with Gasteiger partial charge in [0.2, 0.25) is 0 Å². The lowest BCUT2D eigenvalue weighted by atomic mass is 9.91. The lowest BCUT2D eigenvalue weighted by Gasteiger charge is -2.33. The van der Waals surface area contributed by atoms with Gasteiger partial charge in [0.15, 0.2) is 0 Å². The molecule has 42 heavy (non-hydrogen) atoms. The van der Waals surface area contributed by atoms with Crippen molar-refractivity contribution < 1.29 is 23.7 Å². The van der Waals surface area contributed by atoms with Gasteiger partial charge in [-0.2, -0.15) is 0 Å². The molecule has 0 saturated heterocycles. The van der Waals surface area contributed by atoms with Crippen LogP contribution in [0.2, 0.25) is 5.02 Å². The fraction of sp³-hybridized carbons (Fsp3) is 0.382. The lowest BCUT2D eigenvalue weighted by Crippen LogP contribution is -2.52. The fourth-order valence-electron chi connectivity index (χ4n) is 4.37. The van der Waals surface area contributed by atoms with Crippen LogP contribution in [0.4, 0.5) is 4.79 Å². The predicted octanol–water partition coefficient (Wildman–Crippen LogP) is 8.85. The van der Waals surface area contributed by atoms with Gasteiger partial charge in [-0.3, -0.25) is 0 Å². The number of rotatable bonds is 15. The van der Waals surface area contributed by atoms with Crippen LogP contribution < -0.4 is 10.1 Å². The number of carbonyl (C=O) groups excluding carboxylic acids is 1. The quantitative estimate of drug-likeness (QED) is 0.105. The Morgan fingerprint density at radius 1 is 1.00 bits per heavy atom. The van der Waals surface area contributed by atoms with Gasteiger partial charge in [-0.1, -0.05) is 78.0 Å². The number of halogens is 1. The molecule has 3 aromatic rings. The topological polar surface area (TPSA) is 66.0 Å². The van der Waals surface area contributed by atoms with Crippen molar-refractivity contribution in [2.45, 2.75) is 74.5 Å². The Hall–Kier alpha value is -2.97. The largest absolute Gasteiger partial charge is 0.489 e. The average molecular weight is 612 g/mol. The van der Waals surface area contributed by atoms with Crippen molar-refractivity contribution in [3.05, 3.63) is 101 Å². The van der Waals surface area contributed by atoms with Gasteiger partial charge >= 0.3 is 6.09 Å². The number of nitrogens with one attached hydrogen (secondary N) is 1. The van der Waals surface area contributed by atoms with E-state index in [2.05, 4.69) is 35.6 Å². The molecule has 0 bridgehead atoms. The second kappa shape index (κ2) is 16.6. The van der Waals surface area contributed by atoms with Crippen molar-refractivity contribution in [3.8, 4) is 5.75 Å². The highest BCUT2D eigenvalue weighted by Gasteiger charge is 2.31. The summed E-state index contributed by atoms with van der Waals surface area (Å²) in [5.41, 5.74) is 0.823. The molecule has 0 radical (unpaired) electrons. The Balaban J connectivity index is 1.62. The lowest BCUT2D eigenvalue weighted by molar-refractivity contribution is -0.0492. The third kappa shape index (κ3) is 11.7. The predicted molar refractivity (Wildman–Crippen MR) is 170 cm³/mol. The summed E-state index contributed by atoms with van der Waals surface area (Å²) in [5.74, 6) is 0.825. The van der Waals surface area contributed by atoms with E-state index < -0.39 is 17.2 Å². The molecule has 0 aromatic heterocycles. The van der Waals surface area contributed by atoms with Crippen LogP contribution in [0.15, 0.2) is 94.7 Å². The van der Waals surface area contributed by atoms with E-state index in [4.69, 9.17) is 30.5 Å². The number of hydrogen-bond donors (Lipinski definition) is 1. The van der Waals surface area contributed by atoms with Crippen LogP contribution in [0.5, 0.6) is 5.75 Å². The summed E-state index contributed by atoms with van der Waals surface area (Å²) in [7, 11) is 1.57. The van der Waals surface area contributed by atoms with Crippen LogP contribution in [0.1, 0.15) is 51.7 Å². The maximum atomic E-state index is 12.7. The third-order valence-corrected chi connectivity index (χ3v) is 7.51. The van der Waals surface area contributed by atoms with Crippen LogP contribution in [0.25, 0.3) is 0 Å². The maximum Gasteiger partial charge on any atom is 0.408 e. The molecule has 0 heterocycles. The summed E-state index contributed by atoms with van der Waals surface area (Å²) in [5, 5.41) is 3.74. The zero-order valence-corrected chi connectivity index (χ0v) is 26.7. The number of methoxy groups -OCH3 is 1. The van der Waals surface area contributed by atoms with E-state index in [1.165, 1.54) is 0 Å². The first kappa shape index (κ1) is 33.5. The smallest absolute Gasteiger partial charge is 0.408 e. The number of carbonyl (C=O) groups is 1. The highest BCUT2D eigenvalue weighted by atomic mass is 35.5. The summed E-state index contributed by atoms with van der Waals surface area (Å²) in [6, 6.07) is 24.3. The molecule has 0 saturated carbocycles. The number of ether oxygens (including phenoxy) is 4. The van der Waals surface area contributed by atoms with Crippen LogP contribution in [-0.2, 0) is 27.2 Å². The van der Waals surface area contributed by atoms with Gasteiger partial charge in [-0.15, -0.1) is 0 Å². The van der Waals surface area contributed by atoms with Crippen molar-refractivity contribution in [2.75, 3.05) is 20.5 Å². The van der Waals surface area contributed by atoms with Gasteiger partial charge in [-0.05, 0) is 88.4 Å². The third-order valence-electron chi connectivity index (χ3n) is 6.18. The molecule has 226 valence electrons. The second-order valence-electron chi connectivity index (χ2n) is 11.0.